The van der Waals surface area contributed by atoms with Crippen molar-refractivity contribution >= 4 is 5.91 Å². The predicted octanol–water partition coefficient (Wildman–Crippen LogP) is 4.30. The molecule has 1 aromatic heterocycles. The molecule has 1 aliphatic rings. The summed E-state index contributed by atoms with van der Waals surface area (Å²) in [7, 11) is 1.70. The molecule has 0 atom stereocenters. The maximum Gasteiger partial charge on any atom is 0.257 e. The van der Waals surface area contributed by atoms with Gasteiger partial charge in [0.15, 0.2) is 5.82 Å². The van der Waals surface area contributed by atoms with Gasteiger partial charge < -0.3 is 14.6 Å². The van der Waals surface area contributed by atoms with Crippen LogP contribution in [0, 0.1) is 6.92 Å². The smallest absolute Gasteiger partial charge is 0.257 e. The Labute approximate surface area is 170 Å². The number of aryl methyl sites for hydroxylation is 1. The number of carbonyl (C=O) groups excluding carboxylic acids is 1. The van der Waals surface area contributed by atoms with Crippen molar-refractivity contribution in [3.05, 3.63) is 65.5 Å². The molecular weight excluding hydrogens is 366 g/mol. The van der Waals surface area contributed by atoms with Crippen molar-refractivity contribution in [2.24, 2.45) is 0 Å². The fourth-order valence-corrected chi connectivity index (χ4v) is 4.21. The van der Waals surface area contributed by atoms with Gasteiger partial charge in [0.1, 0.15) is 5.75 Å². The van der Waals surface area contributed by atoms with Crippen LogP contribution in [0.4, 0.5) is 0 Å². The van der Waals surface area contributed by atoms with Crippen LogP contribution in [0.25, 0.3) is 11.5 Å². The van der Waals surface area contributed by atoms with E-state index in [4.69, 9.17) is 9.26 Å². The average Bonchev–Trinajstić information content (AvgIpc) is 3.42. The molecule has 2 aromatic carbocycles. The molecule has 150 valence electrons. The van der Waals surface area contributed by atoms with E-state index in [0.29, 0.717) is 23.8 Å². The van der Waals surface area contributed by atoms with Crippen LogP contribution >= 0.6 is 0 Å². The number of nitrogens with one attached hydrogen (secondary N) is 1. The van der Waals surface area contributed by atoms with Gasteiger partial charge in [-0.3, -0.25) is 4.79 Å². The Hall–Kier alpha value is -3.15. The molecule has 0 unspecified atom stereocenters. The zero-order valence-electron chi connectivity index (χ0n) is 16.8. The standard InChI is InChI=1S/C23H25N3O3/c1-16-25-22(29-26-16)18-11-9-17(10-12-18)21(27)24-15-23(13-5-6-14-23)19-7-3-4-8-20(19)28-2/h3-4,7-12H,5-6,13-15H2,1-2H3,(H,24,27). The molecule has 0 bridgehead atoms. The molecule has 0 spiro atoms. The number of hydrogen-bond acceptors (Lipinski definition) is 5. The first-order valence-electron chi connectivity index (χ1n) is 9.94. The highest BCUT2D eigenvalue weighted by atomic mass is 16.5. The van der Waals surface area contributed by atoms with E-state index in [1.807, 2.05) is 30.3 Å². The van der Waals surface area contributed by atoms with E-state index in [9.17, 15) is 4.79 Å². The molecule has 0 aliphatic heterocycles. The second-order valence-electron chi connectivity index (χ2n) is 7.59. The van der Waals surface area contributed by atoms with E-state index >= 15 is 0 Å². The lowest BCUT2D eigenvalue weighted by molar-refractivity contribution is 0.0942. The topological polar surface area (TPSA) is 77.2 Å². The number of nitrogens with zero attached hydrogens (tertiary/aromatic N) is 2. The third-order valence-electron chi connectivity index (χ3n) is 5.75. The number of rotatable bonds is 6. The van der Waals surface area contributed by atoms with E-state index in [0.717, 1.165) is 37.0 Å². The zero-order valence-corrected chi connectivity index (χ0v) is 16.8. The Morgan fingerprint density at radius 1 is 1.14 bits per heavy atom. The van der Waals surface area contributed by atoms with Gasteiger partial charge in [0.05, 0.1) is 7.11 Å². The van der Waals surface area contributed by atoms with Crippen molar-refractivity contribution in [3.63, 3.8) is 0 Å². The monoisotopic (exact) mass is 391 g/mol. The molecule has 1 fully saturated rings. The van der Waals surface area contributed by atoms with Crippen LogP contribution in [0.2, 0.25) is 0 Å². The van der Waals surface area contributed by atoms with Gasteiger partial charge in [-0.1, -0.05) is 36.2 Å². The molecule has 6 nitrogen and oxygen atoms in total. The van der Waals surface area contributed by atoms with Gasteiger partial charge in [0, 0.05) is 28.7 Å². The van der Waals surface area contributed by atoms with Crippen LogP contribution in [0.15, 0.2) is 53.1 Å². The largest absolute Gasteiger partial charge is 0.496 e. The maximum absolute atomic E-state index is 12.8. The van der Waals surface area contributed by atoms with Crippen molar-refractivity contribution in [3.8, 4) is 17.2 Å². The number of carbonyl (C=O) groups is 1. The van der Waals surface area contributed by atoms with Crippen LogP contribution in [-0.2, 0) is 5.41 Å². The molecule has 4 rings (SSSR count). The van der Waals surface area contributed by atoms with Gasteiger partial charge in [-0.25, -0.2) is 0 Å². The van der Waals surface area contributed by atoms with E-state index in [1.165, 1.54) is 5.56 Å². The van der Waals surface area contributed by atoms with Gasteiger partial charge in [-0.2, -0.15) is 4.98 Å². The molecule has 1 amide bonds. The van der Waals surface area contributed by atoms with Gasteiger partial charge in [-0.05, 0) is 50.1 Å². The summed E-state index contributed by atoms with van der Waals surface area (Å²) in [5.74, 6) is 1.85. The minimum Gasteiger partial charge on any atom is -0.496 e. The Morgan fingerprint density at radius 3 is 2.52 bits per heavy atom. The minimum absolute atomic E-state index is 0.0799. The lowest BCUT2D eigenvalue weighted by Crippen LogP contribution is -2.39. The van der Waals surface area contributed by atoms with E-state index < -0.39 is 0 Å². The molecule has 1 aliphatic carbocycles. The lowest BCUT2D eigenvalue weighted by atomic mass is 9.78. The van der Waals surface area contributed by atoms with E-state index in [1.54, 1.807) is 26.2 Å². The van der Waals surface area contributed by atoms with Crippen LogP contribution in [0.1, 0.15) is 47.4 Å². The van der Waals surface area contributed by atoms with Crippen LogP contribution < -0.4 is 10.1 Å². The van der Waals surface area contributed by atoms with Gasteiger partial charge >= 0.3 is 0 Å². The predicted molar refractivity (Wildman–Crippen MR) is 110 cm³/mol. The fourth-order valence-electron chi connectivity index (χ4n) is 4.21. The maximum atomic E-state index is 12.8. The number of ether oxygens (including phenoxy) is 1. The van der Waals surface area contributed by atoms with Gasteiger partial charge in [0.25, 0.3) is 11.8 Å². The van der Waals surface area contributed by atoms with E-state index in [2.05, 4.69) is 21.5 Å². The number of hydrogen-bond donors (Lipinski definition) is 1. The summed E-state index contributed by atoms with van der Waals surface area (Å²) < 4.78 is 10.8. The van der Waals surface area contributed by atoms with Crippen molar-refractivity contribution in [1.29, 1.82) is 0 Å². The SMILES string of the molecule is COc1ccccc1C1(CNC(=O)c2ccc(-c3nc(C)no3)cc2)CCCC1. The van der Waals surface area contributed by atoms with Crippen molar-refractivity contribution in [2.45, 2.75) is 38.0 Å². The Bertz CT molecular complexity index is 989. The van der Waals surface area contributed by atoms with Crippen molar-refractivity contribution in [1.82, 2.24) is 15.5 Å². The van der Waals surface area contributed by atoms with Crippen LogP contribution in [0.3, 0.4) is 0 Å². The molecule has 1 N–H and O–H groups in total. The third kappa shape index (κ3) is 3.88. The molecule has 1 saturated carbocycles. The summed E-state index contributed by atoms with van der Waals surface area (Å²) in [6, 6.07) is 15.4. The van der Waals surface area contributed by atoms with Gasteiger partial charge in [0.2, 0.25) is 0 Å². The number of methoxy groups -OCH3 is 1. The highest BCUT2D eigenvalue weighted by molar-refractivity contribution is 5.94. The van der Waals surface area contributed by atoms with E-state index in [-0.39, 0.29) is 11.3 Å². The Kier molecular flexibility index (Phi) is 5.34. The fraction of sp³-hybridized carbons (Fsp3) is 0.348. The highest BCUT2D eigenvalue weighted by Crippen LogP contribution is 2.44. The summed E-state index contributed by atoms with van der Waals surface area (Å²) in [4.78, 5) is 17.0. The number of amides is 1. The third-order valence-corrected chi connectivity index (χ3v) is 5.75. The lowest BCUT2D eigenvalue weighted by Gasteiger charge is -2.31. The van der Waals surface area contributed by atoms with Crippen LogP contribution in [-0.4, -0.2) is 29.7 Å². The Morgan fingerprint density at radius 2 is 1.86 bits per heavy atom. The first-order chi connectivity index (χ1) is 14.1. The highest BCUT2D eigenvalue weighted by Gasteiger charge is 2.38. The Balaban J connectivity index is 1.49. The normalized spacial score (nSPS) is 15.2. The molecule has 1 heterocycles. The molecule has 6 heteroatoms. The summed E-state index contributed by atoms with van der Waals surface area (Å²) >= 11 is 0. The first kappa shape index (κ1) is 19.2. The molecule has 0 radical (unpaired) electrons. The number of para-hydroxylation sites is 1. The first-order valence-corrected chi connectivity index (χ1v) is 9.94. The van der Waals surface area contributed by atoms with Crippen molar-refractivity contribution < 1.29 is 14.1 Å². The second kappa shape index (κ2) is 8.07. The van der Waals surface area contributed by atoms with Gasteiger partial charge in [-0.15, -0.1) is 0 Å². The summed E-state index contributed by atoms with van der Waals surface area (Å²) in [6.07, 6.45) is 4.41. The minimum atomic E-state index is -0.0839. The number of aromatic nitrogens is 2. The van der Waals surface area contributed by atoms with Crippen LogP contribution in [0.5, 0.6) is 5.75 Å². The quantitative estimate of drug-likeness (QED) is 0.678. The summed E-state index contributed by atoms with van der Waals surface area (Å²) in [5.41, 5.74) is 2.51. The van der Waals surface area contributed by atoms with Crippen molar-refractivity contribution in [2.75, 3.05) is 13.7 Å². The summed E-state index contributed by atoms with van der Waals surface area (Å²) in [5, 5.41) is 6.95. The molecular formula is C23H25N3O3. The average molecular weight is 391 g/mol. The molecule has 0 saturated heterocycles. The second-order valence-corrected chi connectivity index (χ2v) is 7.59. The zero-order chi connectivity index (χ0) is 20.3. The summed E-state index contributed by atoms with van der Waals surface area (Å²) in [6.45, 7) is 2.37. The molecule has 29 heavy (non-hydrogen) atoms. The molecule has 3 aromatic rings. The number of benzene rings is 2.